The Kier molecular flexibility index (Phi) is 10.1. The Morgan fingerprint density at radius 3 is 2.13 bits per heavy atom. The maximum atomic E-state index is 14.6. The van der Waals surface area contributed by atoms with Crippen LogP contribution in [0.1, 0.15) is 80.0 Å². The molecule has 0 bridgehead atoms. The predicted molar refractivity (Wildman–Crippen MR) is 189 cm³/mol. The highest BCUT2D eigenvalue weighted by molar-refractivity contribution is 5.94. The second-order valence-electron chi connectivity index (χ2n) is 12.8. The van der Waals surface area contributed by atoms with Gasteiger partial charge in [0, 0.05) is 12.1 Å². The van der Waals surface area contributed by atoms with Crippen LogP contribution in [0.5, 0.6) is 11.5 Å². The van der Waals surface area contributed by atoms with E-state index < -0.39 is 6.04 Å². The van der Waals surface area contributed by atoms with Gasteiger partial charge in [-0.15, -0.1) is 0 Å². The van der Waals surface area contributed by atoms with Gasteiger partial charge < -0.3 is 14.4 Å². The largest absolute Gasteiger partial charge is 0.493 e. The summed E-state index contributed by atoms with van der Waals surface area (Å²) in [4.78, 5) is 35.8. The van der Waals surface area contributed by atoms with Gasteiger partial charge in [-0.1, -0.05) is 77.1 Å². The summed E-state index contributed by atoms with van der Waals surface area (Å²) in [5, 5.41) is 0.534. The molecule has 0 spiro atoms. The van der Waals surface area contributed by atoms with Crippen molar-refractivity contribution in [1.82, 2.24) is 14.5 Å². The number of nitrogens with zero attached hydrogens (tertiary/aromatic N) is 3. The highest BCUT2D eigenvalue weighted by atomic mass is 16.5. The van der Waals surface area contributed by atoms with E-state index in [9.17, 15) is 9.59 Å². The zero-order chi connectivity index (χ0) is 33.7. The van der Waals surface area contributed by atoms with E-state index in [1.807, 2.05) is 103 Å². The van der Waals surface area contributed by atoms with E-state index >= 15 is 0 Å². The fraction of sp³-hybridized carbons (Fsp3) is 0.325. The number of amides is 1. The fourth-order valence-corrected chi connectivity index (χ4v) is 6.01. The van der Waals surface area contributed by atoms with Gasteiger partial charge in [0.05, 0.1) is 36.9 Å². The molecule has 0 saturated heterocycles. The van der Waals surface area contributed by atoms with E-state index in [0.29, 0.717) is 53.2 Å². The zero-order valence-corrected chi connectivity index (χ0v) is 28.5. The lowest BCUT2D eigenvalue weighted by Gasteiger charge is -2.33. The first-order valence-corrected chi connectivity index (χ1v) is 16.3. The second-order valence-corrected chi connectivity index (χ2v) is 12.8. The van der Waals surface area contributed by atoms with Crippen LogP contribution in [0.2, 0.25) is 0 Å². The van der Waals surface area contributed by atoms with Crippen molar-refractivity contribution in [2.75, 3.05) is 20.8 Å². The molecule has 0 N–H and O–H groups in total. The van der Waals surface area contributed by atoms with Crippen molar-refractivity contribution < 1.29 is 14.3 Å². The molecular weight excluding hydrogens is 586 g/mol. The van der Waals surface area contributed by atoms with E-state index in [2.05, 4.69) is 27.7 Å². The van der Waals surface area contributed by atoms with Crippen LogP contribution in [0, 0.1) is 0 Å². The average molecular weight is 632 g/mol. The van der Waals surface area contributed by atoms with Gasteiger partial charge in [-0.2, -0.15) is 0 Å². The summed E-state index contributed by atoms with van der Waals surface area (Å²) in [5.41, 5.74) is 5.04. The van der Waals surface area contributed by atoms with E-state index in [4.69, 9.17) is 14.5 Å². The molecule has 0 fully saturated rings. The quantitative estimate of drug-likeness (QED) is 0.147. The molecule has 0 saturated carbocycles. The molecule has 7 nitrogen and oxygen atoms in total. The third-order valence-corrected chi connectivity index (χ3v) is 8.81. The number of carbonyl (C=O) groups is 1. The molecule has 0 radical (unpaired) electrons. The SMILES string of the molecule is CCc1ccc(-n2c(C(CC)N(CCc3ccc(OC)c(OC)c3)C(=O)c3ccc(C(C)(C)C)cc3)nc3ccccc3c2=O)cc1. The molecule has 5 rings (SSSR count). The molecule has 0 aliphatic carbocycles. The number of hydrogen-bond acceptors (Lipinski definition) is 5. The van der Waals surface area contributed by atoms with Crippen LogP contribution in [0.25, 0.3) is 16.6 Å². The van der Waals surface area contributed by atoms with Gasteiger partial charge >= 0.3 is 0 Å². The van der Waals surface area contributed by atoms with Crippen LogP contribution in [0.4, 0.5) is 0 Å². The van der Waals surface area contributed by atoms with Crippen molar-refractivity contribution >= 4 is 16.8 Å². The minimum Gasteiger partial charge on any atom is -0.493 e. The minimum absolute atomic E-state index is 0.0426. The Balaban J connectivity index is 1.65. The summed E-state index contributed by atoms with van der Waals surface area (Å²) in [6.45, 7) is 11.0. The van der Waals surface area contributed by atoms with Crippen molar-refractivity contribution in [1.29, 1.82) is 0 Å². The number of fused-ring (bicyclic) bond motifs is 1. The van der Waals surface area contributed by atoms with Crippen molar-refractivity contribution in [3.63, 3.8) is 0 Å². The number of carbonyl (C=O) groups excluding carboxylic acids is 1. The number of para-hydroxylation sites is 1. The van der Waals surface area contributed by atoms with Gasteiger partial charge in [-0.05, 0) is 89.9 Å². The first-order chi connectivity index (χ1) is 22.6. The summed E-state index contributed by atoms with van der Waals surface area (Å²) < 4.78 is 12.7. The van der Waals surface area contributed by atoms with Crippen molar-refractivity contribution in [3.8, 4) is 17.2 Å². The molecule has 0 aliphatic rings. The molecule has 7 heteroatoms. The van der Waals surface area contributed by atoms with Gasteiger partial charge in [-0.25, -0.2) is 4.98 Å². The second kappa shape index (κ2) is 14.2. The zero-order valence-electron chi connectivity index (χ0n) is 28.5. The third-order valence-electron chi connectivity index (χ3n) is 8.81. The van der Waals surface area contributed by atoms with Crippen LogP contribution in [0.3, 0.4) is 0 Å². The molecule has 1 heterocycles. The van der Waals surface area contributed by atoms with Gasteiger partial charge in [-0.3, -0.25) is 14.2 Å². The van der Waals surface area contributed by atoms with Crippen LogP contribution >= 0.6 is 0 Å². The maximum absolute atomic E-state index is 14.6. The lowest BCUT2D eigenvalue weighted by Crippen LogP contribution is -2.39. The minimum atomic E-state index is -0.493. The number of hydrogen-bond donors (Lipinski definition) is 0. The Morgan fingerprint density at radius 1 is 0.851 bits per heavy atom. The molecule has 1 aromatic heterocycles. The molecule has 1 amide bonds. The van der Waals surface area contributed by atoms with Crippen molar-refractivity contribution in [2.45, 2.75) is 65.3 Å². The van der Waals surface area contributed by atoms with Crippen molar-refractivity contribution in [2.24, 2.45) is 0 Å². The molecule has 47 heavy (non-hydrogen) atoms. The number of methoxy groups -OCH3 is 2. The monoisotopic (exact) mass is 631 g/mol. The molecule has 0 aliphatic heterocycles. The summed E-state index contributed by atoms with van der Waals surface area (Å²) in [6.07, 6.45) is 2.00. The van der Waals surface area contributed by atoms with Gasteiger partial charge in [0.1, 0.15) is 5.82 Å². The number of aryl methyl sites for hydroxylation is 1. The average Bonchev–Trinajstić information content (AvgIpc) is 3.09. The lowest BCUT2D eigenvalue weighted by atomic mass is 9.86. The van der Waals surface area contributed by atoms with Crippen LogP contribution < -0.4 is 15.0 Å². The fourth-order valence-electron chi connectivity index (χ4n) is 6.01. The molecule has 244 valence electrons. The number of benzene rings is 4. The Morgan fingerprint density at radius 2 is 1.51 bits per heavy atom. The highest BCUT2D eigenvalue weighted by Crippen LogP contribution is 2.31. The molecule has 1 unspecified atom stereocenters. The molecule has 5 aromatic rings. The van der Waals surface area contributed by atoms with Gasteiger partial charge in [0.25, 0.3) is 11.5 Å². The first-order valence-electron chi connectivity index (χ1n) is 16.3. The number of ether oxygens (including phenoxy) is 2. The predicted octanol–water partition coefficient (Wildman–Crippen LogP) is 8.10. The summed E-state index contributed by atoms with van der Waals surface area (Å²) in [7, 11) is 3.23. The summed E-state index contributed by atoms with van der Waals surface area (Å²) in [5.74, 6) is 1.70. The van der Waals surface area contributed by atoms with E-state index in [-0.39, 0.29) is 16.9 Å². The van der Waals surface area contributed by atoms with E-state index in [1.54, 1.807) is 18.8 Å². The third kappa shape index (κ3) is 7.09. The molecular formula is C40H45N3O4. The lowest BCUT2D eigenvalue weighted by molar-refractivity contribution is 0.0661. The molecule has 4 aromatic carbocycles. The molecule has 1 atom stereocenters. The van der Waals surface area contributed by atoms with Crippen LogP contribution in [-0.2, 0) is 18.3 Å². The topological polar surface area (TPSA) is 73.7 Å². The Labute approximate surface area is 277 Å². The standard InChI is InChI=1S/C40H45N3O4/c1-8-27-14-21-31(22-15-27)43-37(41-33-13-11-10-12-32(33)39(43)45)34(9-2)42(25-24-28-16-23-35(46-6)36(26-28)47-7)38(44)29-17-19-30(20-18-29)40(3,4)5/h10-23,26,34H,8-9,24-25H2,1-7H3. The smallest absolute Gasteiger partial charge is 0.266 e. The maximum Gasteiger partial charge on any atom is 0.266 e. The van der Waals surface area contributed by atoms with Crippen LogP contribution in [0.15, 0.2) is 95.8 Å². The van der Waals surface area contributed by atoms with E-state index in [0.717, 1.165) is 23.2 Å². The summed E-state index contributed by atoms with van der Waals surface area (Å²) in [6, 6.07) is 28.6. The first kappa shape index (κ1) is 33.5. The van der Waals surface area contributed by atoms with Crippen molar-refractivity contribution in [3.05, 3.63) is 129 Å². The number of rotatable bonds is 11. The normalized spacial score (nSPS) is 12.1. The Hall–Kier alpha value is -4.91. The van der Waals surface area contributed by atoms with Crippen LogP contribution in [-0.4, -0.2) is 41.1 Å². The highest BCUT2D eigenvalue weighted by Gasteiger charge is 2.30. The van der Waals surface area contributed by atoms with Gasteiger partial charge in [0.2, 0.25) is 0 Å². The van der Waals surface area contributed by atoms with E-state index in [1.165, 1.54) is 5.56 Å². The summed E-state index contributed by atoms with van der Waals surface area (Å²) >= 11 is 0. The van der Waals surface area contributed by atoms with Gasteiger partial charge in [0.15, 0.2) is 11.5 Å². The number of aromatic nitrogens is 2. The Bertz CT molecular complexity index is 1900.